The van der Waals surface area contributed by atoms with Crippen molar-refractivity contribution in [1.82, 2.24) is 0 Å². The van der Waals surface area contributed by atoms with Gasteiger partial charge in [0, 0.05) is 5.92 Å². The van der Waals surface area contributed by atoms with E-state index in [4.69, 9.17) is 0 Å². The van der Waals surface area contributed by atoms with Gasteiger partial charge in [-0.05, 0) is 12.8 Å². The zero-order valence-electron chi connectivity index (χ0n) is 23.0. The first-order valence-corrected chi connectivity index (χ1v) is 15.6. The summed E-state index contributed by atoms with van der Waals surface area (Å²) in [4.78, 5) is 0. The minimum atomic E-state index is -4.60. The topological polar surface area (TPSA) is 66.4 Å². The number of hydrogen-bond acceptors (Lipinski definition) is 4. The first-order chi connectivity index (χ1) is 16.0. The van der Waals surface area contributed by atoms with Crippen molar-refractivity contribution < 1.29 is 46.7 Å². The van der Waals surface area contributed by atoms with Crippen molar-refractivity contribution in [3.63, 3.8) is 0 Å². The molecule has 0 spiro atoms. The first kappa shape index (κ1) is 36.8. The second-order valence-electron chi connectivity index (χ2n) is 9.82. The number of unbranched alkanes of at least 4 members (excludes halogenated alkanes) is 19. The van der Waals surface area contributed by atoms with Gasteiger partial charge in [0.05, 0.1) is 6.61 Å². The third kappa shape index (κ3) is 30.6. The van der Waals surface area contributed by atoms with Gasteiger partial charge in [-0.2, -0.15) is 0 Å². The Morgan fingerprint density at radius 1 is 0.647 bits per heavy atom. The molecule has 0 rings (SSSR count). The van der Waals surface area contributed by atoms with Crippen molar-refractivity contribution in [2.45, 2.75) is 155 Å². The first-order valence-electron chi connectivity index (χ1n) is 14.3. The molecule has 0 saturated heterocycles. The molecular weight excluding hydrogens is 455 g/mol. The molecule has 0 aliphatic heterocycles. The summed E-state index contributed by atoms with van der Waals surface area (Å²) in [7, 11) is -4.60. The van der Waals surface area contributed by atoms with E-state index >= 15 is 0 Å². The fraction of sp³-hybridized carbons (Fsp3) is 0.929. The molecule has 0 saturated carbocycles. The van der Waals surface area contributed by atoms with Gasteiger partial charge in [-0.3, -0.25) is 4.18 Å². The molecule has 0 fully saturated rings. The molecule has 0 aliphatic rings. The zero-order chi connectivity index (χ0) is 24.5. The van der Waals surface area contributed by atoms with Gasteiger partial charge in [0.25, 0.3) is 0 Å². The maximum atomic E-state index is 10.8. The molecule has 0 bridgehead atoms. The average Bonchev–Trinajstić information content (AvgIpc) is 2.78. The van der Waals surface area contributed by atoms with Gasteiger partial charge in [-0.25, -0.2) is 8.42 Å². The van der Waals surface area contributed by atoms with Crippen LogP contribution < -0.4 is 29.6 Å². The van der Waals surface area contributed by atoms with Crippen molar-refractivity contribution in [1.29, 1.82) is 0 Å². The predicted octanol–water partition coefficient (Wildman–Crippen LogP) is 6.26. The average molecular weight is 511 g/mol. The minimum Gasteiger partial charge on any atom is -0.726 e. The second kappa shape index (κ2) is 28.2. The van der Waals surface area contributed by atoms with E-state index in [-0.39, 0.29) is 42.1 Å². The van der Waals surface area contributed by atoms with Gasteiger partial charge in [0.1, 0.15) is 0 Å². The van der Waals surface area contributed by atoms with E-state index < -0.39 is 10.4 Å². The van der Waals surface area contributed by atoms with Crippen molar-refractivity contribution in [3.8, 4) is 0 Å². The van der Waals surface area contributed by atoms with E-state index in [1.807, 2.05) is 6.08 Å². The normalized spacial score (nSPS) is 12.8. The molecule has 0 amide bonds. The van der Waals surface area contributed by atoms with E-state index in [0.717, 1.165) is 32.1 Å². The van der Waals surface area contributed by atoms with Gasteiger partial charge < -0.3 is 4.55 Å². The summed E-state index contributed by atoms with van der Waals surface area (Å²) >= 11 is 0. The van der Waals surface area contributed by atoms with Gasteiger partial charge >= 0.3 is 29.6 Å². The maximum absolute atomic E-state index is 10.8. The standard InChI is InChI=1S/C28H56O4S.Na/c1-3-5-7-9-10-11-12-13-14-15-16-17-18-19-20-21-22-24-26-28(25-23-8-6-4-2)27-32-33(29,30)31;/h23,25,28H,3-22,24,26-27H2,1-2H3,(H,29,30,31);/q;+1/p-1/b25-23+;. The molecule has 0 aromatic rings. The third-order valence-corrected chi connectivity index (χ3v) is 6.91. The number of rotatable bonds is 26. The SMILES string of the molecule is CCCC/C=C/C(CCCCCCCCCCCCCCCCCCCC)COS(=O)(=O)[O-].[Na+]. The molecule has 4 nitrogen and oxygen atoms in total. The van der Waals surface area contributed by atoms with Gasteiger partial charge in [0.2, 0.25) is 10.4 Å². The third-order valence-electron chi connectivity index (χ3n) is 6.49. The molecule has 34 heavy (non-hydrogen) atoms. The molecule has 198 valence electrons. The summed E-state index contributed by atoms with van der Waals surface area (Å²) in [5, 5.41) is 0. The van der Waals surface area contributed by atoms with Gasteiger partial charge in [-0.15, -0.1) is 0 Å². The summed E-state index contributed by atoms with van der Waals surface area (Å²) in [5.41, 5.74) is 0. The van der Waals surface area contributed by atoms with Crippen LogP contribution in [0.1, 0.15) is 155 Å². The maximum Gasteiger partial charge on any atom is 1.00 e. The molecule has 1 atom stereocenters. The fourth-order valence-corrected chi connectivity index (χ4v) is 4.67. The molecule has 0 N–H and O–H groups in total. The van der Waals surface area contributed by atoms with Crippen LogP contribution in [0.5, 0.6) is 0 Å². The van der Waals surface area contributed by atoms with E-state index in [0.29, 0.717) is 0 Å². The Hall–Kier alpha value is 0.610. The number of allylic oxidation sites excluding steroid dienone is 1. The van der Waals surface area contributed by atoms with Crippen LogP contribution >= 0.6 is 0 Å². The van der Waals surface area contributed by atoms with Crippen LogP contribution in [-0.4, -0.2) is 19.6 Å². The van der Waals surface area contributed by atoms with Crippen molar-refractivity contribution in [2.75, 3.05) is 6.61 Å². The van der Waals surface area contributed by atoms with Gasteiger partial charge in [-0.1, -0.05) is 154 Å². The Balaban J connectivity index is 0. The van der Waals surface area contributed by atoms with Crippen LogP contribution in [0, 0.1) is 5.92 Å². The summed E-state index contributed by atoms with van der Waals surface area (Å²) in [5.74, 6) is 0.0200. The summed E-state index contributed by atoms with van der Waals surface area (Å²) in [6.07, 6.45) is 32.7. The van der Waals surface area contributed by atoms with Gasteiger partial charge in [0.15, 0.2) is 0 Å². The Morgan fingerprint density at radius 2 is 1.03 bits per heavy atom. The molecule has 0 aliphatic carbocycles. The zero-order valence-corrected chi connectivity index (χ0v) is 25.9. The van der Waals surface area contributed by atoms with Crippen LogP contribution in [0.15, 0.2) is 12.2 Å². The van der Waals surface area contributed by atoms with Crippen LogP contribution in [0.3, 0.4) is 0 Å². The summed E-state index contributed by atoms with van der Waals surface area (Å²) in [6.45, 7) is 4.41. The smallest absolute Gasteiger partial charge is 0.726 e. The molecule has 1 unspecified atom stereocenters. The second-order valence-corrected chi connectivity index (χ2v) is 10.9. The fourth-order valence-electron chi connectivity index (χ4n) is 4.32. The quantitative estimate of drug-likeness (QED) is 0.0453. The molecule has 0 aromatic carbocycles. The van der Waals surface area contributed by atoms with Crippen molar-refractivity contribution in [2.24, 2.45) is 5.92 Å². The molecule has 6 heteroatoms. The molecule has 0 radical (unpaired) electrons. The summed E-state index contributed by atoms with van der Waals surface area (Å²) in [6, 6.07) is 0. The molecule has 0 heterocycles. The Kier molecular flexibility index (Phi) is 30.5. The Bertz CT molecular complexity index is 522. The summed E-state index contributed by atoms with van der Waals surface area (Å²) < 4.78 is 36.8. The number of hydrogen-bond donors (Lipinski definition) is 0. The van der Waals surface area contributed by atoms with E-state index in [2.05, 4.69) is 24.1 Å². The van der Waals surface area contributed by atoms with Crippen LogP contribution in [0.25, 0.3) is 0 Å². The predicted molar refractivity (Wildman–Crippen MR) is 141 cm³/mol. The minimum absolute atomic E-state index is 0. The van der Waals surface area contributed by atoms with E-state index in [1.165, 1.54) is 109 Å². The van der Waals surface area contributed by atoms with E-state index in [1.54, 1.807) is 0 Å². The monoisotopic (exact) mass is 510 g/mol. The molecular formula is C28H55NaO4S. The van der Waals surface area contributed by atoms with Crippen molar-refractivity contribution in [3.05, 3.63) is 12.2 Å². The van der Waals surface area contributed by atoms with Crippen molar-refractivity contribution >= 4 is 10.4 Å². The van der Waals surface area contributed by atoms with Crippen LogP contribution in [0.2, 0.25) is 0 Å². The van der Waals surface area contributed by atoms with Crippen LogP contribution in [0.4, 0.5) is 0 Å². The van der Waals surface area contributed by atoms with E-state index in [9.17, 15) is 13.0 Å². The largest absolute Gasteiger partial charge is 1.00 e. The Morgan fingerprint density at radius 3 is 1.41 bits per heavy atom. The Labute approximate surface area is 235 Å². The van der Waals surface area contributed by atoms with Crippen LogP contribution in [-0.2, 0) is 14.6 Å². The molecule has 0 aromatic heterocycles.